The van der Waals surface area contributed by atoms with Gasteiger partial charge in [0.05, 0.1) is 13.2 Å². The van der Waals surface area contributed by atoms with E-state index in [-0.39, 0.29) is 36.4 Å². The van der Waals surface area contributed by atoms with Gasteiger partial charge in [0.1, 0.15) is 6.61 Å². The van der Waals surface area contributed by atoms with Crippen LogP contribution in [0.3, 0.4) is 0 Å². The molecule has 1 atom stereocenters. The molecular formula is C17H31N3O4. The average molecular weight is 341 g/mol. The lowest BCUT2D eigenvalue weighted by molar-refractivity contribution is -0.127. The van der Waals surface area contributed by atoms with Crippen molar-refractivity contribution in [3.05, 3.63) is 0 Å². The van der Waals surface area contributed by atoms with Gasteiger partial charge in [0.2, 0.25) is 11.8 Å². The molecule has 2 amide bonds. The Labute approximate surface area is 144 Å². The van der Waals surface area contributed by atoms with Crippen molar-refractivity contribution in [2.45, 2.75) is 50.6 Å². The monoisotopic (exact) mass is 341 g/mol. The Bertz CT molecular complexity index is 391. The predicted octanol–water partition coefficient (Wildman–Crippen LogP) is 0.193. The van der Waals surface area contributed by atoms with Crippen molar-refractivity contribution in [3.8, 4) is 0 Å². The van der Waals surface area contributed by atoms with Gasteiger partial charge in [-0.25, -0.2) is 0 Å². The molecule has 24 heavy (non-hydrogen) atoms. The van der Waals surface area contributed by atoms with Crippen LogP contribution in [-0.4, -0.2) is 63.9 Å². The summed E-state index contributed by atoms with van der Waals surface area (Å²) < 4.78 is 10.1. The molecular weight excluding hydrogens is 310 g/mol. The fourth-order valence-corrected chi connectivity index (χ4v) is 3.37. The van der Waals surface area contributed by atoms with Gasteiger partial charge in [-0.05, 0) is 45.1 Å². The Morgan fingerprint density at radius 2 is 1.83 bits per heavy atom. The average Bonchev–Trinajstić information content (AvgIpc) is 2.60. The maximum absolute atomic E-state index is 12.3. The molecule has 0 spiro atoms. The van der Waals surface area contributed by atoms with Gasteiger partial charge in [-0.15, -0.1) is 0 Å². The third-order valence-electron chi connectivity index (χ3n) is 4.77. The molecule has 0 radical (unpaired) electrons. The van der Waals surface area contributed by atoms with Crippen LogP contribution in [0.1, 0.15) is 38.5 Å². The summed E-state index contributed by atoms with van der Waals surface area (Å²) in [6.45, 7) is 2.90. The molecule has 2 fully saturated rings. The molecule has 7 nitrogen and oxygen atoms in total. The molecule has 1 aliphatic carbocycles. The van der Waals surface area contributed by atoms with Crippen molar-refractivity contribution in [1.82, 2.24) is 16.0 Å². The fourth-order valence-electron chi connectivity index (χ4n) is 3.37. The van der Waals surface area contributed by atoms with Gasteiger partial charge in [-0.2, -0.15) is 0 Å². The Balaban J connectivity index is 1.60. The molecule has 3 N–H and O–H groups in total. The second-order valence-electron chi connectivity index (χ2n) is 6.71. The van der Waals surface area contributed by atoms with Crippen LogP contribution in [0.4, 0.5) is 0 Å². The lowest BCUT2D eigenvalue weighted by Crippen LogP contribution is -2.48. The highest BCUT2D eigenvalue weighted by Crippen LogP contribution is 2.24. The summed E-state index contributed by atoms with van der Waals surface area (Å²) >= 11 is 0. The van der Waals surface area contributed by atoms with E-state index in [9.17, 15) is 9.59 Å². The topological polar surface area (TPSA) is 88.7 Å². The van der Waals surface area contributed by atoms with Crippen LogP contribution >= 0.6 is 0 Å². The molecule has 1 saturated carbocycles. The van der Waals surface area contributed by atoms with E-state index in [0.29, 0.717) is 13.2 Å². The lowest BCUT2D eigenvalue weighted by Gasteiger charge is -2.30. The highest BCUT2D eigenvalue weighted by Gasteiger charge is 2.28. The first-order valence-electron chi connectivity index (χ1n) is 9.06. The van der Waals surface area contributed by atoms with E-state index >= 15 is 0 Å². The molecule has 2 rings (SSSR count). The van der Waals surface area contributed by atoms with Gasteiger partial charge in [-0.1, -0.05) is 0 Å². The molecule has 1 saturated heterocycles. The summed E-state index contributed by atoms with van der Waals surface area (Å²) in [4.78, 5) is 24.1. The Kier molecular flexibility index (Phi) is 8.49. The second-order valence-corrected chi connectivity index (χ2v) is 6.71. The third kappa shape index (κ3) is 6.75. The van der Waals surface area contributed by atoms with E-state index in [2.05, 4.69) is 16.0 Å². The summed E-state index contributed by atoms with van der Waals surface area (Å²) in [6, 6.07) is 0.428. The number of hydrogen-bond acceptors (Lipinski definition) is 5. The van der Waals surface area contributed by atoms with Crippen LogP contribution in [0.15, 0.2) is 0 Å². The third-order valence-corrected chi connectivity index (χ3v) is 4.77. The van der Waals surface area contributed by atoms with E-state index in [1.807, 2.05) is 0 Å². The molecule has 0 unspecified atom stereocenters. The number of hydrogen-bond donors (Lipinski definition) is 3. The molecule has 1 aliphatic heterocycles. The van der Waals surface area contributed by atoms with Crippen LogP contribution in [-0.2, 0) is 19.1 Å². The molecule has 0 aromatic carbocycles. The van der Waals surface area contributed by atoms with Crippen LogP contribution in [0.5, 0.6) is 0 Å². The smallest absolute Gasteiger partial charge is 0.246 e. The fraction of sp³-hybridized carbons (Fsp3) is 0.882. The molecule has 138 valence electrons. The molecule has 0 bridgehead atoms. The molecule has 2 aliphatic rings. The van der Waals surface area contributed by atoms with Gasteiger partial charge >= 0.3 is 0 Å². The van der Waals surface area contributed by atoms with Crippen LogP contribution < -0.4 is 16.0 Å². The number of carbonyl (C=O) groups excluding carboxylic acids is 2. The highest BCUT2D eigenvalue weighted by molar-refractivity contribution is 5.79. The normalized spacial score (nSPS) is 27.5. The number of nitrogens with one attached hydrogen (secondary N) is 3. The van der Waals surface area contributed by atoms with E-state index in [0.717, 1.165) is 51.6 Å². The molecule has 0 aromatic heterocycles. The van der Waals surface area contributed by atoms with E-state index in [1.54, 1.807) is 7.11 Å². The zero-order valence-electron chi connectivity index (χ0n) is 14.6. The first-order valence-corrected chi connectivity index (χ1v) is 9.06. The van der Waals surface area contributed by atoms with Crippen molar-refractivity contribution < 1.29 is 19.1 Å². The Hall–Kier alpha value is -1.18. The Morgan fingerprint density at radius 3 is 2.50 bits per heavy atom. The first-order chi connectivity index (χ1) is 11.7. The maximum atomic E-state index is 12.3. The van der Waals surface area contributed by atoms with E-state index in [1.165, 1.54) is 0 Å². The number of rotatable bonds is 8. The summed E-state index contributed by atoms with van der Waals surface area (Å²) in [5.74, 6) is 0.168. The van der Waals surface area contributed by atoms with Gasteiger partial charge in [0.15, 0.2) is 0 Å². The molecule has 1 heterocycles. The highest BCUT2D eigenvalue weighted by atomic mass is 16.5. The maximum Gasteiger partial charge on any atom is 0.246 e. The van der Waals surface area contributed by atoms with Crippen molar-refractivity contribution in [1.29, 1.82) is 0 Å². The standard InChI is InChI=1S/C17H31N3O4/c1-23-9-10-24-12-16(21)19-14-6-4-13(5-7-14)17(22)20-15-3-2-8-18-11-15/h13-15,18H,2-12H2,1H3,(H,19,21)(H,20,22)/t13?,14?,15-/m0/s1. The zero-order valence-corrected chi connectivity index (χ0v) is 14.6. The van der Waals surface area contributed by atoms with Crippen molar-refractivity contribution in [2.75, 3.05) is 40.0 Å². The minimum absolute atomic E-state index is 0.0679. The minimum Gasteiger partial charge on any atom is -0.382 e. The van der Waals surface area contributed by atoms with Crippen LogP contribution in [0.25, 0.3) is 0 Å². The van der Waals surface area contributed by atoms with Gasteiger partial charge in [-0.3, -0.25) is 9.59 Å². The van der Waals surface area contributed by atoms with Crippen LogP contribution in [0, 0.1) is 5.92 Å². The lowest BCUT2D eigenvalue weighted by atomic mass is 9.85. The number of carbonyl (C=O) groups is 2. The molecule has 7 heteroatoms. The van der Waals surface area contributed by atoms with Gasteiger partial charge in [0, 0.05) is 31.7 Å². The largest absolute Gasteiger partial charge is 0.382 e. The van der Waals surface area contributed by atoms with Crippen molar-refractivity contribution in [2.24, 2.45) is 5.92 Å². The van der Waals surface area contributed by atoms with Crippen molar-refractivity contribution in [3.63, 3.8) is 0 Å². The molecule has 0 aromatic rings. The predicted molar refractivity (Wildman–Crippen MR) is 90.6 cm³/mol. The first kappa shape index (κ1) is 19.1. The Morgan fingerprint density at radius 1 is 1.04 bits per heavy atom. The SMILES string of the molecule is COCCOCC(=O)NC1CCC(C(=O)N[C@H]2CCCNC2)CC1. The van der Waals surface area contributed by atoms with Crippen LogP contribution in [0.2, 0.25) is 0 Å². The zero-order chi connectivity index (χ0) is 17.2. The minimum atomic E-state index is -0.0905. The number of piperidine rings is 1. The quantitative estimate of drug-likeness (QED) is 0.549. The van der Waals surface area contributed by atoms with Gasteiger partial charge < -0.3 is 25.4 Å². The van der Waals surface area contributed by atoms with E-state index in [4.69, 9.17) is 9.47 Å². The number of ether oxygens (including phenoxy) is 2. The number of methoxy groups -OCH3 is 1. The summed E-state index contributed by atoms with van der Waals surface area (Å²) in [5.41, 5.74) is 0. The van der Waals surface area contributed by atoms with Crippen molar-refractivity contribution >= 4 is 11.8 Å². The van der Waals surface area contributed by atoms with Gasteiger partial charge in [0.25, 0.3) is 0 Å². The summed E-state index contributed by atoms with van der Waals surface area (Å²) in [6.07, 6.45) is 5.56. The summed E-state index contributed by atoms with van der Waals surface area (Å²) in [5, 5.41) is 9.47. The summed E-state index contributed by atoms with van der Waals surface area (Å²) in [7, 11) is 1.60. The van der Waals surface area contributed by atoms with E-state index < -0.39 is 0 Å². The second kappa shape index (κ2) is 10.6. The number of amides is 2.